The van der Waals surface area contributed by atoms with Crippen LogP contribution in [0.25, 0.3) is 11.3 Å². The van der Waals surface area contributed by atoms with Crippen molar-refractivity contribution >= 4 is 5.91 Å². The van der Waals surface area contributed by atoms with Crippen LogP contribution >= 0.6 is 0 Å². The minimum atomic E-state index is -0.225. The smallest absolute Gasteiger partial charge is 0.254 e. The molecule has 174 valence electrons. The van der Waals surface area contributed by atoms with Crippen LogP contribution in [0.3, 0.4) is 0 Å². The Hall–Kier alpha value is -3.70. The number of imidazole rings is 1. The molecule has 1 aromatic heterocycles. The first-order valence-corrected chi connectivity index (χ1v) is 11.8. The molecular formula is C29H32N4O. The zero-order valence-electron chi connectivity index (χ0n) is 19.8. The molecule has 0 radical (unpaired) electrons. The molecule has 1 unspecified atom stereocenters. The molecule has 5 heteroatoms. The Kier molecular flexibility index (Phi) is 7.55. The third-order valence-electron chi connectivity index (χ3n) is 5.96. The topological polar surface area (TPSA) is 64.2 Å². The molecule has 5 nitrogen and oxygen atoms in total. The van der Waals surface area contributed by atoms with Crippen LogP contribution in [0.2, 0.25) is 0 Å². The molecule has 0 saturated heterocycles. The average molecular weight is 453 g/mol. The molecule has 34 heavy (non-hydrogen) atoms. The second-order valence-electron chi connectivity index (χ2n) is 8.81. The molecule has 0 aliphatic heterocycles. The molecule has 1 atom stereocenters. The Morgan fingerprint density at radius 1 is 0.912 bits per heavy atom. The van der Waals surface area contributed by atoms with Gasteiger partial charge in [-0.25, -0.2) is 4.98 Å². The fourth-order valence-electron chi connectivity index (χ4n) is 4.37. The van der Waals surface area contributed by atoms with Gasteiger partial charge in [-0.2, -0.15) is 0 Å². The number of hydrogen-bond donors (Lipinski definition) is 1. The zero-order valence-corrected chi connectivity index (χ0v) is 19.8. The highest BCUT2D eigenvalue weighted by atomic mass is 16.2. The molecule has 4 rings (SSSR count). The summed E-state index contributed by atoms with van der Waals surface area (Å²) in [7, 11) is 0. The van der Waals surface area contributed by atoms with Gasteiger partial charge in [0, 0.05) is 37.0 Å². The monoisotopic (exact) mass is 452 g/mol. The van der Waals surface area contributed by atoms with E-state index >= 15 is 0 Å². The van der Waals surface area contributed by atoms with Gasteiger partial charge in [0.15, 0.2) is 0 Å². The normalized spacial score (nSPS) is 12.0. The standard InChI is InChI=1S/C29H32N4O/c1-22(2)27(33(19-18-30)29(34)25-16-10-5-11-17-25)28-31-26(24-14-8-4-9-15-24)21-32(28)20-23-12-6-3-7-13-23/h3-17,21-22,27H,18-20,30H2,1-2H3. The lowest BCUT2D eigenvalue weighted by atomic mass is 9.99. The highest BCUT2D eigenvalue weighted by Gasteiger charge is 2.32. The maximum absolute atomic E-state index is 13.6. The lowest BCUT2D eigenvalue weighted by Gasteiger charge is -2.34. The van der Waals surface area contributed by atoms with Gasteiger partial charge in [0.1, 0.15) is 5.82 Å². The zero-order chi connectivity index (χ0) is 23.9. The second-order valence-corrected chi connectivity index (χ2v) is 8.81. The number of benzene rings is 3. The summed E-state index contributed by atoms with van der Waals surface area (Å²) >= 11 is 0. The van der Waals surface area contributed by atoms with Gasteiger partial charge in [0.25, 0.3) is 5.91 Å². The van der Waals surface area contributed by atoms with Crippen LogP contribution in [0.15, 0.2) is 97.2 Å². The van der Waals surface area contributed by atoms with E-state index in [4.69, 9.17) is 10.7 Å². The molecule has 0 aliphatic rings. The molecular weight excluding hydrogens is 420 g/mol. The van der Waals surface area contributed by atoms with Gasteiger partial charge >= 0.3 is 0 Å². The van der Waals surface area contributed by atoms with Crippen molar-refractivity contribution in [3.63, 3.8) is 0 Å². The predicted octanol–water partition coefficient (Wildman–Crippen LogP) is 5.40. The summed E-state index contributed by atoms with van der Waals surface area (Å²) < 4.78 is 2.18. The van der Waals surface area contributed by atoms with E-state index in [2.05, 4.69) is 48.9 Å². The third-order valence-corrected chi connectivity index (χ3v) is 5.96. The predicted molar refractivity (Wildman–Crippen MR) is 137 cm³/mol. The molecule has 3 aromatic carbocycles. The summed E-state index contributed by atoms with van der Waals surface area (Å²) in [4.78, 5) is 20.6. The van der Waals surface area contributed by atoms with Crippen molar-refractivity contribution in [1.82, 2.24) is 14.5 Å². The van der Waals surface area contributed by atoms with Crippen molar-refractivity contribution in [2.75, 3.05) is 13.1 Å². The number of carbonyl (C=O) groups is 1. The maximum atomic E-state index is 13.6. The summed E-state index contributed by atoms with van der Waals surface area (Å²) in [5.41, 5.74) is 9.79. The lowest BCUT2D eigenvalue weighted by Crippen LogP contribution is -2.41. The summed E-state index contributed by atoms with van der Waals surface area (Å²) in [5, 5.41) is 0. The highest BCUT2D eigenvalue weighted by molar-refractivity contribution is 5.94. The van der Waals surface area contributed by atoms with E-state index in [1.807, 2.05) is 71.6 Å². The van der Waals surface area contributed by atoms with Gasteiger partial charge in [-0.1, -0.05) is 92.7 Å². The number of hydrogen-bond acceptors (Lipinski definition) is 3. The van der Waals surface area contributed by atoms with E-state index in [0.29, 0.717) is 25.2 Å². The van der Waals surface area contributed by atoms with Gasteiger partial charge in [0.05, 0.1) is 11.7 Å². The van der Waals surface area contributed by atoms with Crippen LogP contribution in [0.5, 0.6) is 0 Å². The lowest BCUT2D eigenvalue weighted by molar-refractivity contribution is 0.0614. The van der Waals surface area contributed by atoms with Crippen molar-refractivity contribution in [3.05, 3.63) is 114 Å². The first-order chi connectivity index (χ1) is 16.6. The Morgan fingerprint density at radius 3 is 2.09 bits per heavy atom. The Bertz CT molecular complexity index is 1190. The fraction of sp³-hybridized carbons (Fsp3) is 0.241. The van der Waals surface area contributed by atoms with Gasteiger partial charge in [-0.05, 0) is 23.6 Å². The Morgan fingerprint density at radius 2 is 1.50 bits per heavy atom. The number of nitrogens with two attached hydrogens (primary N) is 1. The van der Waals surface area contributed by atoms with E-state index in [9.17, 15) is 4.79 Å². The summed E-state index contributed by atoms with van der Waals surface area (Å²) in [6.07, 6.45) is 2.10. The molecule has 0 aliphatic carbocycles. The first kappa shape index (κ1) is 23.5. The Labute approximate surface area is 201 Å². The summed E-state index contributed by atoms with van der Waals surface area (Å²) in [6.45, 7) is 5.78. The Balaban J connectivity index is 1.81. The maximum Gasteiger partial charge on any atom is 0.254 e. The SMILES string of the molecule is CC(C)C(c1nc(-c2ccccc2)cn1Cc1ccccc1)N(CCN)C(=O)c1ccccc1. The van der Waals surface area contributed by atoms with Crippen LogP contribution in [-0.2, 0) is 6.54 Å². The van der Waals surface area contributed by atoms with Crippen molar-refractivity contribution in [2.24, 2.45) is 11.7 Å². The van der Waals surface area contributed by atoms with Crippen LogP contribution in [0.1, 0.15) is 41.6 Å². The van der Waals surface area contributed by atoms with Gasteiger partial charge < -0.3 is 15.2 Å². The second kappa shape index (κ2) is 10.9. The number of carbonyl (C=O) groups excluding carboxylic acids is 1. The third kappa shape index (κ3) is 5.26. The minimum absolute atomic E-state index is 0.0275. The number of nitrogens with zero attached hydrogens (tertiary/aromatic N) is 3. The van der Waals surface area contributed by atoms with Gasteiger partial charge in [0.2, 0.25) is 0 Å². The largest absolute Gasteiger partial charge is 0.329 e. The minimum Gasteiger partial charge on any atom is -0.329 e. The molecule has 2 N–H and O–H groups in total. The number of rotatable bonds is 9. The number of amides is 1. The van der Waals surface area contributed by atoms with Crippen molar-refractivity contribution in [3.8, 4) is 11.3 Å². The summed E-state index contributed by atoms with van der Waals surface area (Å²) in [5.74, 6) is 0.982. The van der Waals surface area contributed by atoms with Gasteiger partial charge in [-0.15, -0.1) is 0 Å². The molecule has 0 fully saturated rings. The highest BCUT2D eigenvalue weighted by Crippen LogP contribution is 2.32. The van der Waals surface area contributed by atoms with Crippen molar-refractivity contribution in [1.29, 1.82) is 0 Å². The molecule has 0 spiro atoms. The van der Waals surface area contributed by atoms with E-state index in [1.165, 1.54) is 5.56 Å². The van der Waals surface area contributed by atoms with Crippen LogP contribution in [-0.4, -0.2) is 33.4 Å². The van der Waals surface area contributed by atoms with E-state index in [1.54, 1.807) is 0 Å². The first-order valence-electron chi connectivity index (χ1n) is 11.8. The van der Waals surface area contributed by atoms with Crippen LogP contribution < -0.4 is 5.73 Å². The van der Waals surface area contributed by atoms with Crippen molar-refractivity contribution in [2.45, 2.75) is 26.4 Å². The van der Waals surface area contributed by atoms with Crippen LogP contribution in [0, 0.1) is 5.92 Å². The quantitative estimate of drug-likeness (QED) is 0.370. The molecule has 1 heterocycles. The molecule has 4 aromatic rings. The van der Waals surface area contributed by atoms with E-state index < -0.39 is 0 Å². The number of aromatic nitrogens is 2. The molecule has 0 saturated carbocycles. The van der Waals surface area contributed by atoms with Crippen LogP contribution in [0.4, 0.5) is 0 Å². The fourth-order valence-corrected chi connectivity index (χ4v) is 4.37. The average Bonchev–Trinajstić information content (AvgIpc) is 3.28. The summed E-state index contributed by atoms with van der Waals surface area (Å²) in [6, 6.07) is 29.7. The molecule has 0 bridgehead atoms. The molecule has 1 amide bonds. The van der Waals surface area contributed by atoms with E-state index in [0.717, 1.165) is 17.1 Å². The van der Waals surface area contributed by atoms with Gasteiger partial charge in [-0.3, -0.25) is 4.79 Å². The van der Waals surface area contributed by atoms with Crippen molar-refractivity contribution < 1.29 is 4.79 Å². The van der Waals surface area contributed by atoms with E-state index in [-0.39, 0.29) is 17.9 Å².